The molecule has 2 aromatic rings. The number of aromatic nitrogens is 2. The molecule has 1 atom stereocenters. The van der Waals surface area contributed by atoms with E-state index in [4.69, 9.17) is 11.6 Å². The van der Waals surface area contributed by atoms with Crippen molar-refractivity contribution < 1.29 is 5.11 Å². The third kappa shape index (κ3) is 2.58. The Hall–Kier alpha value is -1.39. The molecule has 1 unspecified atom stereocenters. The fourth-order valence-corrected chi connectivity index (χ4v) is 2.97. The summed E-state index contributed by atoms with van der Waals surface area (Å²) in [5, 5.41) is 20.9. The predicted octanol–water partition coefficient (Wildman–Crippen LogP) is 3.02. The van der Waals surface area contributed by atoms with Crippen LogP contribution < -0.4 is 4.90 Å². The van der Waals surface area contributed by atoms with Gasteiger partial charge in [0.2, 0.25) is 0 Å². The normalized spacial score (nSPS) is 23.9. The van der Waals surface area contributed by atoms with Gasteiger partial charge in [0, 0.05) is 23.9 Å². The third-order valence-electron chi connectivity index (χ3n) is 3.99. The van der Waals surface area contributed by atoms with Crippen molar-refractivity contribution in [3.8, 4) is 0 Å². The molecule has 1 fully saturated rings. The number of aliphatic hydroxyl groups is 1. The smallest absolute Gasteiger partial charge is 0.159 e. The Labute approximate surface area is 123 Å². The summed E-state index contributed by atoms with van der Waals surface area (Å²) in [7, 11) is 0. The van der Waals surface area contributed by atoms with Crippen molar-refractivity contribution in [2.45, 2.75) is 31.8 Å². The van der Waals surface area contributed by atoms with E-state index < -0.39 is 5.60 Å². The highest BCUT2D eigenvalue weighted by Crippen LogP contribution is 2.31. The van der Waals surface area contributed by atoms with E-state index in [1.807, 2.05) is 31.2 Å². The van der Waals surface area contributed by atoms with Gasteiger partial charge >= 0.3 is 0 Å². The zero-order chi connectivity index (χ0) is 14.2. The van der Waals surface area contributed by atoms with Gasteiger partial charge in [-0.2, -0.15) is 0 Å². The molecule has 4 nitrogen and oxygen atoms in total. The van der Waals surface area contributed by atoms with Gasteiger partial charge in [0.1, 0.15) is 0 Å². The molecule has 1 saturated heterocycles. The highest BCUT2D eigenvalue weighted by atomic mass is 35.5. The zero-order valence-corrected chi connectivity index (χ0v) is 12.3. The van der Waals surface area contributed by atoms with Gasteiger partial charge < -0.3 is 10.0 Å². The van der Waals surface area contributed by atoms with Crippen LogP contribution in [0, 0.1) is 0 Å². The van der Waals surface area contributed by atoms with Gasteiger partial charge in [-0.3, -0.25) is 0 Å². The monoisotopic (exact) mass is 291 g/mol. The molecule has 20 heavy (non-hydrogen) atoms. The van der Waals surface area contributed by atoms with Gasteiger partial charge in [0.05, 0.1) is 5.60 Å². The molecule has 1 aliphatic rings. The standard InChI is InChI=1S/C15H18ClN3O/c1-15(20)7-4-9-19(10-8-15)14-12-6-3-2-5-11(12)13(16)17-18-14/h2-3,5-6,20H,4,7-10H2,1H3. The van der Waals surface area contributed by atoms with Crippen LogP contribution in [0.3, 0.4) is 0 Å². The zero-order valence-electron chi connectivity index (χ0n) is 11.5. The van der Waals surface area contributed by atoms with E-state index >= 15 is 0 Å². The molecular weight excluding hydrogens is 274 g/mol. The largest absolute Gasteiger partial charge is 0.390 e. The summed E-state index contributed by atoms with van der Waals surface area (Å²) in [4.78, 5) is 2.20. The summed E-state index contributed by atoms with van der Waals surface area (Å²) in [5.74, 6) is 0.864. The van der Waals surface area contributed by atoms with Crippen molar-refractivity contribution in [1.82, 2.24) is 10.2 Å². The molecule has 1 aromatic carbocycles. The molecule has 0 radical (unpaired) electrons. The molecular formula is C15H18ClN3O. The second kappa shape index (κ2) is 5.19. The number of halogens is 1. The summed E-state index contributed by atoms with van der Waals surface area (Å²) in [6.45, 7) is 3.58. The molecule has 106 valence electrons. The third-order valence-corrected chi connectivity index (χ3v) is 4.27. The van der Waals surface area contributed by atoms with Crippen molar-refractivity contribution >= 4 is 28.2 Å². The minimum Gasteiger partial charge on any atom is -0.390 e. The Morgan fingerprint density at radius 3 is 2.70 bits per heavy atom. The van der Waals surface area contributed by atoms with Gasteiger partial charge in [-0.25, -0.2) is 0 Å². The maximum absolute atomic E-state index is 10.2. The molecule has 3 rings (SSSR count). The van der Waals surface area contributed by atoms with Crippen LogP contribution in [0.25, 0.3) is 10.8 Å². The van der Waals surface area contributed by atoms with Gasteiger partial charge in [-0.05, 0) is 26.2 Å². The SMILES string of the molecule is CC1(O)CCCN(c2nnc(Cl)c3ccccc23)CC1. The van der Waals surface area contributed by atoms with Crippen molar-refractivity contribution in [3.63, 3.8) is 0 Å². The molecule has 0 amide bonds. The molecule has 0 saturated carbocycles. The summed E-state index contributed by atoms with van der Waals surface area (Å²) < 4.78 is 0. The Bertz CT molecular complexity index is 630. The number of hydrogen-bond acceptors (Lipinski definition) is 4. The van der Waals surface area contributed by atoms with E-state index in [9.17, 15) is 5.11 Å². The molecule has 0 aliphatic carbocycles. The average molecular weight is 292 g/mol. The highest BCUT2D eigenvalue weighted by molar-refractivity contribution is 6.34. The lowest BCUT2D eigenvalue weighted by atomic mass is 9.98. The fraction of sp³-hybridized carbons (Fsp3) is 0.467. The first-order valence-electron chi connectivity index (χ1n) is 6.95. The minimum absolute atomic E-state index is 0.436. The van der Waals surface area contributed by atoms with E-state index in [0.717, 1.165) is 48.9 Å². The Morgan fingerprint density at radius 1 is 1.15 bits per heavy atom. The van der Waals surface area contributed by atoms with Crippen molar-refractivity contribution in [2.24, 2.45) is 0 Å². The van der Waals surface area contributed by atoms with E-state index in [0.29, 0.717) is 5.15 Å². The van der Waals surface area contributed by atoms with Gasteiger partial charge in [-0.1, -0.05) is 35.9 Å². The topological polar surface area (TPSA) is 49.2 Å². The number of hydrogen-bond donors (Lipinski definition) is 1. The van der Waals surface area contributed by atoms with Crippen LogP contribution >= 0.6 is 11.6 Å². The number of benzene rings is 1. The first-order chi connectivity index (χ1) is 9.57. The summed E-state index contributed by atoms with van der Waals surface area (Å²) >= 11 is 6.11. The van der Waals surface area contributed by atoms with Crippen LogP contribution in [0.4, 0.5) is 5.82 Å². The second-order valence-corrected chi connectivity index (χ2v) is 6.06. The molecule has 1 N–H and O–H groups in total. The van der Waals surface area contributed by atoms with Crippen molar-refractivity contribution in [1.29, 1.82) is 0 Å². The lowest BCUT2D eigenvalue weighted by Gasteiger charge is -2.24. The number of anilines is 1. The lowest BCUT2D eigenvalue weighted by molar-refractivity contribution is 0.0481. The van der Waals surface area contributed by atoms with Gasteiger partial charge in [-0.15, -0.1) is 10.2 Å². The molecule has 0 spiro atoms. The highest BCUT2D eigenvalue weighted by Gasteiger charge is 2.26. The molecule has 0 bridgehead atoms. The summed E-state index contributed by atoms with van der Waals surface area (Å²) in [5.41, 5.74) is -0.579. The van der Waals surface area contributed by atoms with Crippen LogP contribution in [0.5, 0.6) is 0 Å². The van der Waals surface area contributed by atoms with Gasteiger partial charge in [0.15, 0.2) is 11.0 Å². The molecule has 1 aromatic heterocycles. The second-order valence-electron chi connectivity index (χ2n) is 5.70. The molecule has 5 heteroatoms. The average Bonchev–Trinajstić information content (AvgIpc) is 2.61. The molecule has 2 heterocycles. The quantitative estimate of drug-likeness (QED) is 0.877. The summed E-state index contributed by atoms with van der Waals surface area (Å²) in [6.07, 6.45) is 2.51. The summed E-state index contributed by atoms with van der Waals surface area (Å²) in [6, 6.07) is 7.92. The first kappa shape index (κ1) is 13.6. The van der Waals surface area contributed by atoms with Crippen LogP contribution in [0.15, 0.2) is 24.3 Å². The van der Waals surface area contributed by atoms with E-state index in [1.54, 1.807) is 0 Å². The fourth-order valence-electron chi connectivity index (χ4n) is 2.77. The Kier molecular flexibility index (Phi) is 3.52. The van der Waals surface area contributed by atoms with Crippen LogP contribution in [0.2, 0.25) is 5.15 Å². The number of rotatable bonds is 1. The van der Waals surface area contributed by atoms with Crippen molar-refractivity contribution in [3.05, 3.63) is 29.4 Å². The number of nitrogens with zero attached hydrogens (tertiary/aromatic N) is 3. The van der Waals surface area contributed by atoms with Gasteiger partial charge in [0.25, 0.3) is 0 Å². The van der Waals surface area contributed by atoms with Crippen LogP contribution in [0.1, 0.15) is 26.2 Å². The van der Waals surface area contributed by atoms with E-state index in [1.165, 1.54) is 0 Å². The molecule has 1 aliphatic heterocycles. The Morgan fingerprint density at radius 2 is 1.90 bits per heavy atom. The Balaban J connectivity index is 2.00. The van der Waals surface area contributed by atoms with E-state index in [-0.39, 0.29) is 0 Å². The van der Waals surface area contributed by atoms with Crippen LogP contribution in [-0.4, -0.2) is 34.0 Å². The lowest BCUT2D eigenvalue weighted by Crippen LogP contribution is -2.29. The van der Waals surface area contributed by atoms with E-state index in [2.05, 4.69) is 15.1 Å². The number of fused-ring (bicyclic) bond motifs is 1. The first-order valence-corrected chi connectivity index (χ1v) is 7.33. The van der Waals surface area contributed by atoms with Crippen molar-refractivity contribution in [2.75, 3.05) is 18.0 Å². The maximum atomic E-state index is 10.2. The maximum Gasteiger partial charge on any atom is 0.159 e. The predicted molar refractivity (Wildman–Crippen MR) is 81.2 cm³/mol. The minimum atomic E-state index is -0.579. The van der Waals surface area contributed by atoms with Crippen LogP contribution in [-0.2, 0) is 0 Å².